The summed E-state index contributed by atoms with van der Waals surface area (Å²) in [5.41, 5.74) is 1.33. The second-order valence-electron chi connectivity index (χ2n) is 5.01. The van der Waals surface area contributed by atoms with Gasteiger partial charge in [-0.25, -0.2) is 0 Å². The largest absolute Gasteiger partial charge is 0.300 e. The predicted molar refractivity (Wildman–Crippen MR) is 74.1 cm³/mol. The summed E-state index contributed by atoms with van der Waals surface area (Å²) in [6, 6.07) is 8.49. The number of hydrogen-bond donors (Lipinski definition) is 0. The zero-order chi connectivity index (χ0) is 12.3. The summed E-state index contributed by atoms with van der Waals surface area (Å²) in [6.45, 7) is 1.75. The van der Waals surface area contributed by atoms with Gasteiger partial charge < -0.3 is 0 Å². The van der Waals surface area contributed by atoms with Crippen LogP contribution in [0, 0.1) is 5.92 Å². The maximum atomic E-state index is 11.8. The molecule has 0 N–H and O–H groups in total. The maximum absolute atomic E-state index is 11.8. The topological polar surface area (TPSA) is 17.1 Å². The summed E-state index contributed by atoms with van der Waals surface area (Å²) in [7, 11) is 0. The van der Waals surface area contributed by atoms with Gasteiger partial charge in [0.2, 0.25) is 0 Å². The first-order valence-electron chi connectivity index (χ1n) is 6.44. The first-order chi connectivity index (χ1) is 8.18. The van der Waals surface area contributed by atoms with Crippen LogP contribution in [0.1, 0.15) is 50.5 Å². The molecule has 0 amide bonds. The van der Waals surface area contributed by atoms with Gasteiger partial charge in [0.25, 0.3) is 0 Å². The number of carbonyl (C=O) groups is 1. The van der Waals surface area contributed by atoms with E-state index in [2.05, 4.69) is 40.2 Å². The summed E-state index contributed by atoms with van der Waals surface area (Å²) < 4.78 is 1.11. The van der Waals surface area contributed by atoms with Crippen molar-refractivity contribution < 1.29 is 4.79 Å². The summed E-state index contributed by atoms with van der Waals surface area (Å²) in [5, 5.41) is 0. The summed E-state index contributed by atoms with van der Waals surface area (Å²) >= 11 is 3.46. The molecule has 92 valence electrons. The molecule has 1 aromatic rings. The summed E-state index contributed by atoms with van der Waals surface area (Å²) in [6.07, 6.45) is 5.96. The molecule has 1 nitrogen and oxygen atoms in total. The zero-order valence-corrected chi connectivity index (χ0v) is 11.9. The maximum Gasteiger partial charge on any atom is 0.133 e. The highest BCUT2D eigenvalue weighted by molar-refractivity contribution is 9.10. The van der Waals surface area contributed by atoms with E-state index >= 15 is 0 Å². The van der Waals surface area contributed by atoms with E-state index in [0.717, 1.165) is 17.3 Å². The second-order valence-corrected chi connectivity index (χ2v) is 5.93. The SMILES string of the molecule is CC(=O)C1CCCCCC1c1ccc(Br)cc1. The van der Waals surface area contributed by atoms with Gasteiger partial charge in [-0.1, -0.05) is 47.3 Å². The van der Waals surface area contributed by atoms with E-state index in [-0.39, 0.29) is 5.92 Å². The lowest BCUT2D eigenvalue weighted by Crippen LogP contribution is -2.19. The van der Waals surface area contributed by atoms with Crippen molar-refractivity contribution in [2.45, 2.75) is 44.9 Å². The Morgan fingerprint density at radius 3 is 2.41 bits per heavy atom. The van der Waals surface area contributed by atoms with Crippen LogP contribution in [0.3, 0.4) is 0 Å². The van der Waals surface area contributed by atoms with Crippen LogP contribution in [0.25, 0.3) is 0 Å². The molecule has 1 fully saturated rings. The molecule has 2 atom stereocenters. The Hall–Kier alpha value is -0.630. The quantitative estimate of drug-likeness (QED) is 0.723. The molecule has 2 unspecified atom stereocenters. The van der Waals surface area contributed by atoms with Crippen LogP contribution in [-0.2, 0) is 4.79 Å². The summed E-state index contributed by atoms with van der Waals surface area (Å²) in [4.78, 5) is 11.8. The van der Waals surface area contributed by atoms with Crippen molar-refractivity contribution in [1.29, 1.82) is 0 Å². The molecule has 0 saturated heterocycles. The van der Waals surface area contributed by atoms with Crippen molar-refractivity contribution in [1.82, 2.24) is 0 Å². The number of rotatable bonds is 2. The van der Waals surface area contributed by atoms with Crippen LogP contribution < -0.4 is 0 Å². The Labute approximate surface area is 112 Å². The van der Waals surface area contributed by atoms with Crippen molar-refractivity contribution in [2.24, 2.45) is 5.92 Å². The molecular formula is C15H19BrO. The Kier molecular flexibility index (Phi) is 4.38. The Balaban J connectivity index is 2.25. The molecule has 0 radical (unpaired) electrons. The van der Waals surface area contributed by atoms with Gasteiger partial charge >= 0.3 is 0 Å². The normalized spacial score (nSPS) is 25.3. The third-order valence-corrected chi connectivity index (χ3v) is 4.36. The summed E-state index contributed by atoms with van der Waals surface area (Å²) in [5.74, 6) is 1.03. The van der Waals surface area contributed by atoms with Crippen molar-refractivity contribution in [3.8, 4) is 0 Å². The van der Waals surface area contributed by atoms with Gasteiger partial charge in [-0.15, -0.1) is 0 Å². The second kappa shape index (κ2) is 5.81. The minimum absolute atomic E-state index is 0.235. The molecule has 0 aliphatic heterocycles. The first-order valence-corrected chi connectivity index (χ1v) is 7.23. The van der Waals surface area contributed by atoms with E-state index in [0.29, 0.717) is 11.7 Å². The third kappa shape index (κ3) is 3.19. The Bertz CT molecular complexity index is 382. The van der Waals surface area contributed by atoms with Crippen LogP contribution >= 0.6 is 15.9 Å². The van der Waals surface area contributed by atoms with E-state index in [1.165, 1.54) is 24.8 Å². The highest BCUT2D eigenvalue weighted by Gasteiger charge is 2.28. The molecule has 1 aliphatic rings. The average molecular weight is 295 g/mol. The minimum Gasteiger partial charge on any atom is -0.300 e. The molecule has 1 aromatic carbocycles. The Morgan fingerprint density at radius 2 is 1.76 bits per heavy atom. The van der Waals surface area contributed by atoms with Gasteiger partial charge in [0.1, 0.15) is 5.78 Å². The number of Topliss-reactive ketones (excluding diaryl/α,β-unsaturated/α-hetero) is 1. The van der Waals surface area contributed by atoms with E-state index < -0.39 is 0 Å². The molecule has 0 bridgehead atoms. The molecular weight excluding hydrogens is 276 g/mol. The molecule has 2 rings (SSSR count). The fraction of sp³-hybridized carbons (Fsp3) is 0.533. The van der Waals surface area contributed by atoms with Crippen LogP contribution in [0.2, 0.25) is 0 Å². The van der Waals surface area contributed by atoms with Crippen LogP contribution in [0.15, 0.2) is 28.7 Å². The third-order valence-electron chi connectivity index (χ3n) is 3.84. The molecule has 1 saturated carbocycles. The zero-order valence-electron chi connectivity index (χ0n) is 10.3. The smallest absolute Gasteiger partial charge is 0.133 e. The fourth-order valence-corrected chi connectivity index (χ4v) is 3.17. The molecule has 17 heavy (non-hydrogen) atoms. The van der Waals surface area contributed by atoms with Crippen molar-refractivity contribution in [3.05, 3.63) is 34.3 Å². The lowest BCUT2D eigenvalue weighted by Gasteiger charge is -2.23. The molecule has 0 spiro atoms. The number of benzene rings is 1. The molecule has 1 aliphatic carbocycles. The number of ketones is 1. The van der Waals surface area contributed by atoms with Gasteiger partial charge in [0.05, 0.1) is 0 Å². The predicted octanol–water partition coefficient (Wildman–Crippen LogP) is 4.70. The van der Waals surface area contributed by atoms with E-state index in [9.17, 15) is 4.79 Å². The van der Waals surface area contributed by atoms with E-state index in [4.69, 9.17) is 0 Å². The van der Waals surface area contributed by atoms with Gasteiger partial charge in [-0.2, -0.15) is 0 Å². The highest BCUT2D eigenvalue weighted by atomic mass is 79.9. The highest BCUT2D eigenvalue weighted by Crippen LogP contribution is 2.37. The molecule has 2 heteroatoms. The number of hydrogen-bond acceptors (Lipinski definition) is 1. The van der Waals surface area contributed by atoms with Crippen molar-refractivity contribution in [3.63, 3.8) is 0 Å². The van der Waals surface area contributed by atoms with Crippen LogP contribution in [0.4, 0.5) is 0 Å². The monoisotopic (exact) mass is 294 g/mol. The standard InChI is InChI=1S/C15H19BrO/c1-11(17)14-5-3-2-4-6-15(14)12-7-9-13(16)10-8-12/h7-10,14-15H,2-6H2,1H3. The van der Waals surface area contributed by atoms with Crippen molar-refractivity contribution in [2.75, 3.05) is 0 Å². The minimum atomic E-state index is 0.235. The van der Waals surface area contributed by atoms with Gasteiger partial charge in [-0.3, -0.25) is 4.79 Å². The van der Waals surface area contributed by atoms with Gasteiger partial charge in [0.15, 0.2) is 0 Å². The number of carbonyl (C=O) groups excluding carboxylic acids is 1. The van der Waals surface area contributed by atoms with Crippen LogP contribution in [0.5, 0.6) is 0 Å². The fourth-order valence-electron chi connectivity index (χ4n) is 2.90. The number of halogens is 1. The lowest BCUT2D eigenvalue weighted by molar-refractivity contribution is -0.121. The van der Waals surface area contributed by atoms with E-state index in [1.54, 1.807) is 6.92 Å². The average Bonchev–Trinajstić information content (AvgIpc) is 2.55. The van der Waals surface area contributed by atoms with Crippen LogP contribution in [-0.4, -0.2) is 5.78 Å². The van der Waals surface area contributed by atoms with Crippen molar-refractivity contribution >= 4 is 21.7 Å². The molecule has 0 heterocycles. The first kappa shape index (κ1) is 12.8. The molecule has 0 aromatic heterocycles. The van der Waals surface area contributed by atoms with E-state index in [1.807, 2.05) is 0 Å². The lowest BCUT2D eigenvalue weighted by atomic mass is 9.80. The van der Waals surface area contributed by atoms with Gasteiger partial charge in [-0.05, 0) is 43.4 Å². The Morgan fingerprint density at radius 1 is 1.12 bits per heavy atom. The van der Waals surface area contributed by atoms with Gasteiger partial charge in [0, 0.05) is 10.4 Å².